The maximum Gasteiger partial charge on any atom is 0.0646 e. The SMILES string of the molecule is Cc1nn(-c2ccc(Cl)cc2)cc1CN1CCC(N)C(C)(C)C1.Cl. The van der Waals surface area contributed by atoms with Gasteiger partial charge in [-0.15, -0.1) is 12.4 Å². The maximum atomic E-state index is 6.24. The van der Waals surface area contributed by atoms with E-state index in [2.05, 4.69) is 37.0 Å². The van der Waals surface area contributed by atoms with Crippen molar-refractivity contribution in [2.75, 3.05) is 13.1 Å². The number of likely N-dealkylation sites (tertiary alicyclic amines) is 1. The van der Waals surface area contributed by atoms with E-state index < -0.39 is 0 Å². The highest BCUT2D eigenvalue weighted by atomic mass is 35.5. The lowest BCUT2D eigenvalue weighted by molar-refractivity contribution is 0.0897. The fraction of sp³-hybridized carbons (Fsp3) is 0.500. The minimum atomic E-state index is 0. The fourth-order valence-electron chi connectivity index (χ4n) is 3.24. The third kappa shape index (κ3) is 4.12. The van der Waals surface area contributed by atoms with Gasteiger partial charge in [-0.3, -0.25) is 4.90 Å². The van der Waals surface area contributed by atoms with Gasteiger partial charge in [0.05, 0.1) is 11.4 Å². The normalized spacial score (nSPS) is 20.6. The summed E-state index contributed by atoms with van der Waals surface area (Å²) >= 11 is 5.96. The zero-order chi connectivity index (χ0) is 16.6. The Hall–Kier alpha value is -1.07. The molecule has 3 rings (SSSR count). The molecule has 1 aromatic heterocycles. The molecule has 0 amide bonds. The van der Waals surface area contributed by atoms with E-state index in [0.717, 1.165) is 42.5 Å². The van der Waals surface area contributed by atoms with Crippen LogP contribution in [-0.4, -0.2) is 33.8 Å². The Bertz CT molecular complexity index is 679. The number of hydrogen-bond donors (Lipinski definition) is 1. The second-order valence-corrected chi connectivity index (χ2v) is 7.69. The van der Waals surface area contributed by atoms with E-state index in [4.69, 9.17) is 17.3 Å². The Morgan fingerprint density at radius 1 is 1.29 bits per heavy atom. The summed E-state index contributed by atoms with van der Waals surface area (Å²) in [6.07, 6.45) is 3.18. The third-order valence-electron chi connectivity index (χ3n) is 4.88. The summed E-state index contributed by atoms with van der Waals surface area (Å²) in [7, 11) is 0. The van der Waals surface area contributed by atoms with Crippen LogP contribution in [0.2, 0.25) is 5.02 Å². The number of hydrogen-bond acceptors (Lipinski definition) is 3. The summed E-state index contributed by atoms with van der Waals surface area (Å²) < 4.78 is 1.93. The molecule has 0 saturated carbocycles. The van der Waals surface area contributed by atoms with Crippen LogP contribution in [0.4, 0.5) is 0 Å². The number of rotatable bonds is 3. The molecular formula is C18H26Cl2N4. The monoisotopic (exact) mass is 368 g/mol. The number of aryl methyl sites for hydroxylation is 1. The average molecular weight is 369 g/mol. The van der Waals surface area contributed by atoms with Crippen LogP contribution in [0.15, 0.2) is 30.5 Å². The topological polar surface area (TPSA) is 47.1 Å². The Labute approximate surface area is 155 Å². The van der Waals surface area contributed by atoms with Gasteiger partial charge in [0.1, 0.15) is 0 Å². The van der Waals surface area contributed by atoms with Crippen molar-refractivity contribution >= 4 is 24.0 Å². The predicted molar refractivity (Wildman–Crippen MR) is 102 cm³/mol. The van der Waals surface area contributed by atoms with Crippen LogP contribution in [0.1, 0.15) is 31.5 Å². The summed E-state index contributed by atoms with van der Waals surface area (Å²) in [5, 5.41) is 5.39. The van der Waals surface area contributed by atoms with Crippen molar-refractivity contribution in [3.8, 4) is 5.69 Å². The molecule has 1 unspecified atom stereocenters. The quantitative estimate of drug-likeness (QED) is 0.895. The van der Waals surface area contributed by atoms with E-state index in [1.807, 2.05) is 28.9 Å². The summed E-state index contributed by atoms with van der Waals surface area (Å²) in [6.45, 7) is 9.59. The largest absolute Gasteiger partial charge is 0.327 e. The first-order valence-electron chi connectivity index (χ1n) is 8.14. The molecule has 1 aliphatic rings. The van der Waals surface area contributed by atoms with Crippen LogP contribution in [0, 0.1) is 12.3 Å². The summed E-state index contributed by atoms with van der Waals surface area (Å²) in [4.78, 5) is 2.49. The molecule has 1 saturated heterocycles. The third-order valence-corrected chi connectivity index (χ3v) is 5.13. The van der Waals surface area contributed by atoms with E-state index in [-0.39, 0.29) is 23.9 Å². The molecule has 2 heterocycles. The first-order valence-corrected chi connectivity index (χ1v) is 8.52. The van der Waals surface area contributed by atoms with Crippen molar-refractivity contribution in [2.45, 2.75) is 39.8 Å². The minimum Gasteiger partial charge on any atom is -0.327 e. The lowest BCUT2D eigenvalue weighted by Crippen LogP contribution is -2.52. The average Bonchev–Trinajstić information content (AvgIpc) is 2.84. The van der Waals surface area contributed by atoms with Gasteiger partial charge in [-0.2, -0.15) is 5.10 Å². The standard InChI is InChI=1S/C18H25ClN4.ClH/c1-13-14(10-22-9-8-17(20)18(2,3)12-22)11-23(21-13)16-6-4-15(19)5-7-16;/h4-7,11,17H,8-10,12,20H2,1-3H3;1H. The second kappa shape index (κ2) is 7.44. The molecule has 1 aromatic carbocycles. The van der Waals surface area contributed by atoms with Crippen molar-refractivity contribution in [2.24, 2.45) is 11.1 Å². The molecule has 6 heteroatoms. The number of piperidine rings is 1. The van der Waals surface area contributed by atoms with Crippen LogP contribution >= 0.6 is 24.0 Å². The van der Waals surface area contributed by atoms with Crippen molar-refractivity contribution in [3.63, 3.8) is 0 Å². The Balaban J connectivity index is 0.00000208. The van der Waals surface area contributed by atoms with Crippen LogP contribution in [0.3, 0.4) is 0 Å². The molecule has 2 N–H and O–H groups in total. The van der Waals surface area contributed by atoms with Crippen LogP contribution in [0.5, 0.6) is 0 Å². The van der Waals surface area contributed by atoms with E-state index in [9.17, 15) is 0 Å². The van der Waals surface area contributed by atoms with Crippen molar-refractivity contribution < 1.29 is 0 Å². The van der Waals surface area contributed by atoms with Gasteiger partial charge in [0.25, 0.3) is 0 Å². The molecule has 0 radical (unpaired) electrons. The molecule has 132 valence electrons. The summed E-state index contributed by atoms with van der Waals surface area (Å²) in [5.74, 6) is 0. The van der Waals surface area contributed by atoms with Crippen molar-refractivity contribution in [1.29, 1.82) is 0 Å². The second-order valence-electron chi connectivity index (χ2n) is 7.26. The number of nitrogens with two attached hydrogens (primary N) is 1. The Morgan fingerprint density at radius 2 is 1.96 bits per heavy atom. The minimum absolute atomic E-state index is 0. The molecule has 1 aliphatic heterocycles. The predicted octanol–water partition coefficient (Wildman–Crippen LogP) is 3.82. The van der Waals surface area contributed by atoms with Gasteiger partial charge in [-0.25, -0.2) is 4.68 Å². The lowest BCUT2D eigenvalue weighted by Gasteiger charge is -2.42. The molecule has 1 atom stereocenters. The van der Waals surface area contributed by atoms with Crippen molar-refractivity contribution in [3.05, 3.63) is 46.7 Å². The van der Waals surface area contributed by atoms with E-state index in [1.54, 1.807) is 0 Å². The zero-order valence-corrected chi connectivity index (χ0v) is 16.1. The number of halogens is 2. The van der Waals surface area contributed by atoms with Gasteiger partial charge in [0.15, 0.2) is 0 Å². The van der Waals surface area contributed by atoms with Gasteiger partial charge < -0.3 is 5.73 Å². The highest BCUT2D eigenvalue weighted by Gasteiger charge is 2.33. The fourth-order valence-corrected chi connectivity index (χ4v) is 3.36. The Morgan fingerprint density at radius 3 is 2.58 bits per heavy atom. The van der Waals surface area contributed by atoms with Gasteiger partial charge in [0, 0.05) is 42.5 Å². The summed E-state index contributed by atoms with van der Waals surface area (Å²) in [5.41, 5.74) is 9.78. The van der Waals surface area contributed by atoms with Crippen molar-refractivity contribution in [1.82, 2.24) is 14.7 Å². The number of nitrogens with zero attached hydrogens (tertiary/aromatic N) is 3. The smallest absolute Gasteiger partial charge is 0.0646 e. The molecule has 2 aromatic rings. The molecular weight excluding hydrogens is 343 g/mol. The summed E-state index contributed by atoms with van der Waals surface area (Å²) in [6, 6.07) is 8.05. The van der Waals surface area contributed by atoms with Gasteiger partial charge in [0.2, 0.25) is 0 Å². The lowest BCUT2D eigenvalue weighted by atomic mass is 9.79. The first-order chi connectivity index (χ1) is 10.8. The highest BCUT2D eigenvalue weighted by molar-refractivity contribution is 6.30. The number of benzene rings is 1. The zero-order valence-electron chi connectivity index (χ0n) is 14.5. The Kier molecular flexibility index (Phi) is 5.97. The van der Waals surface area contributed by atoms with E-state index >= 15 is 0 Å². The molecule has 0 spiro atoms. The molecule has 0 bridgehead atoms. The van der Waals surface area contributed by atoms with E-state index in [1.165, 1.54) is 5.56 Å². The maximum absolute atomic E-state index is 6.24. The molecule has 24 heavy (non-hydrogen) atoms. The van der Waals surface area contributed by atoms with Crippen LogP contribution in [-0.2, 0) is 6.54 Å². The van der Waals surface area contributed by atoms with Gasteiger partial charge in [-0.1, -0.05) is 25.4 Å². The molecule has 0 aliphatic carbocycles. The molecule has 1 fully saturated rings. The number of aromatic nitrogens is 2. The first kappa shape index (κ1) is 19.3. The molecule has 4 nitrogen and oxygen atoms in total. The highest BCUT2D eigenvalue weighted by Crippen LogP contribution is 2.29. The van der Waals surface area contributed by atoms with Gasteiger partial charge >= 0.3 is 0 Å². The van der Waals surface area contributed by atoms with Crippen LogP contribution in [0.25, 0.3) is 5.69 Å². The van der Waals surface area contributed by atoms with Gasteiger partial charge in [-0.05, 0) is 43.0 Å². The van der Waals surface area contributed by atoms with Crippen LogP contribution < -0.4 is 5.73 Å². The van der Waals surface area contributed by atoms with E-state index in [0.29, 0.717) is 0 Å².